The molecule has 0 spiro atoms. The van der Waals surface area contributed by atoms with E-state index in [2.05, 4.69) is 27.5 Å². The molecule has 1 aromatic rings. The van der Waals surface area contributed by atoms with Gasteiger partial charge in [0.15, 0.2) is 5.96 Å². The van der Waals surface area contributed by atoms with Crippen LogP contribution in [-0.2, 0) is 11.3 Å². The maximum atomic E-state index is 12.7. The van der Waals surface area contributed by atoms with Gasteiger partial charge in [-0.25, -0.2) is 9.98 Å². The van der Waals surface area contributed by atoms with Crippen LogP contribution in [0.15, 0.2) is 4.99 Å². The maximum Gasteiger partial charge on any atom is 0.230 e. The molecule has 0 saturated heterocycles. The molecule has 1 aliphatic rings. The molecule has 0 radical (unpaired) electrons. The van der Waals surface area contributed by atoms with Crippen molar-refractivity contribution in [2.45, 2.75) is 53.0 Å². The summed E-state index contributed by atoms with van der Waals surface area (Å²) in [5, 5.41) is 7.69. The van der Waals surface area contributed by atoms with Crippen molar-refractivity contribution in [1.82, 2.24) is 20.5 Å². The van der Waals surface area contributed by atoms with Crippen LogP contribution < -0.4 is 10.6 Å². The second-order valence-corrected chi connectivity index (χ2v) is 8.27. The Morgan fingerprint density at radius 3 is 2.42 bits per heavy atom. The first-order valence-electron chi connectivity index (χ1n) is 9.05. The monoisotopic (exact) mass is 493 g/mol. The van der Waals surface area contributed by atoms with Crippen LogP contribution in [0.5, 0.6) is 0 Å². The van der Waals surface area contributed by atoms with E-state index in [4.69, 9.17) is 0 Å². The van der Waals surface area contributed by atoms with Gasteiger partial charge in [-0.3, -0.25) is 4.79 Å². The highest BCUT2D eigenvalue weighted by Crippen LogP contribution is 2.38. The quantitative estimate of drug-likeness (QED) is 0.363. The lowest BCUT2D eigenvalue weighted by Gasteiger charge is -2.31. The summed E-state index contributed by atoms with van der Waals surface area (Å²) in [6.45, 7) is 8.14. The van der Waals surface area contributed by atoms with Crippen molar-refractivity contribution >= 4 is 47.2 Å². The number of guanidine groups is 1. The number of amides is 1. The largest absolute Gasteiger partial charge is 0.357 e. The number of aromatic nitrogens is 1. The minimum absolute atomic E-state index is 0. The van der Waals surface area contributed by atoms with Crippen LogP contribution in [0.2, 0.25) is 0 Å². The van der Waals surface area contributed by atoms with E-state index < -0.39 is 0 Å². The Morgan fingerprint density at radius 2 is 1.92 bits per heavy atom. The first kappa shape index (κ1) is 23.1. The van der Waals surface area contributed by atoms with Gasteiger partial charge in [0.05, 0.1) is 17.7 Å². The molecule has 1 fully saturated rings. The number of rotatable bonds is 6. The Bertz CT molecular complexity index is 604. The minimum atomic E-state index is -0.298. The zero-order valence-corrected chi connectivity index (χ0v) is 19.7. The normalized spacial score (nSPS) is 16.1. The molecule has 0 unspecified atom stereocenters. The van der Waals surface area contributed by atoms with Crippen LogP contribution in [0.4, 0.5) is 0 Å². The van der Waals surface area contributed by atoms with Crippen molar-refractivity contribution < 1.29 is 4.79 Å². The van der Waals surface area contributed by atoms with Gasteiger partial charge in [-0.05, 0) is 33.6 Å². The van der Waals surface area contributed by atoms with Crippen molar-refractivity contribution in [3.05, 3.63) is 15.6 Å². The maximum absolute atomic E-state index is 12.7. The van der Waals surface area contributed by atoms with Crippen molar-refractivity contribution in [1.29, 1.82) is 0 Å². The molecule has 148 valence electrons. The van der Waals surface area contributed by atoms with E-state index in [0.29, 0.717) is 13.1 Å². The van der Waals surface area contributed by atoms with Crippen LogP contribution in [0, 0.1) is 19.3 Å². The number of hydrogen-bond donors (Lipinski definition) is 2. The van der Waals surface area contributed by atoms with Crippen LogP contribution in [0.1, 0.15) is 48.2 Å². The van der Waals surface area contributed by atoms with E-state index in [1.54, 1.807) is 16.2 Å². The lowest BCUT2D eigenvalue weighted by molar-refractivity contribution is -0.138. The molecule has 1 aliphatic carbocycles. The Labute approximate surface area is 178 Å². The summed E-state index contributed by atoms with van der Waals surface area (Å²) in [5.74, 6) is 0.977. The number of nitrogens with one attached hydrogen (secondary N) is 2. The minimum Gasteiger partial charge on any atom is -0.357 e. The van der Waals surface area contributed by atoms with E-state index in [1.165, 1.54) is 4.88 Å². The van der Waals surface area contributed by atoms with Gasteiger partial charge in [0, 0.05) is 32.1 Å². The lowest BCUT2D eigenvalue weighted by atomic mass is 9.84. The number of nitrogens with zero attached hydrogens (tertiary/aromatic N) is 3. The SMILES string of the molecule is CCNC(=NCc1nc(C)c(C)s1)NCC1(C(=O)N(C)C)CCCC1.I. The fraction of sp³-hybridized carbons (Fsp3) is 0.722. The number of halogens is 1. The van der Waals surface area contributed by atoms with Gasteiger partial charge in [0.2, 0.25) is 5.91 Å². The number of aryl methyl sites for hydroxylation is 2. The fourth-order valence-corrected chi connectivity index (χ4v) is 4.20. The summed E-state index contributed by atoms with van der Waals surface area (Å²) in [7, 11) is 3.68. The van der Waals surface area contributed by atoms with E-state index in [9.17, 15) is 4.79 Å². The Kier molecular flexibility index (Phi) is 9.29. The molecule has 8 heteroatoms. The van der Waals surface area contributed by atoms with Crippen molar-refractivity contribution in [2.24, 2.45) is 10.4 Å². The summed E-state index contributed by atoms with van der Waals surface area (Å²) in [4.78, 5) is 24.8. The molecule has 2 rings (SSSR count). The highest BCUT2D eigenvalue weighted by molar-refractivity contribution is 14.0. The average molecular weight is 493 g/mol. The molecule has 0 aliphatic heterocycles. The molecule has 1 saturated carbocycles. The topological polar surface area (TPSA) is 69.6 Å². The van der Waals surface area contributed by atoms with Gasteiger partial charge in [-0.15, -0.1) is 35.3 Å². The van der Waals surface area contributed by atoms with Gasteiger partial charge in [0.1, 0.15) is 5.01 Å². The van der Waals surface area contributed by atoms with Gasteiger partial charge >= 0.3 is 0 Å². The van der Waals surface area contributed by atoms with Crippen LogP contribution in [0.3, 0.4) is 0 Å². The Balaban J connectivity index is 0.00000338. The summed E-state index contributed by atoms with van der Waals surface area (Å²) in [6.07, 6.45) is 4.13. The smallest absolute Gasteiger partial charge is 0.230 e. The van der Waals surface area contributed by atoms with E-state index in [-0.39, 0.29) is 35.3 Å². The van der Waals surface area contributed by atoms with Crippen molar-refractivity contribution in [3.8, 4) is 0 Å². The Hall–Kier alpha value is -0.900. The predicted octanol–water partition coefficient (Wildman–Crippen LogP) is 3.08. The first-order valence-corrected chi connectivity index (χ1v) is 9.86. The highest BCUT2D eigenvalue weighted by Gasteiger charge is 2.42. The molecule has 26 heavy (non-hydrogen) atoms. The van der Waals surface area contributed by atoms with Gasteiger partial charge in [0.25, 0.3) is 0 Å². The molecule has 1 aromatic heterocycles. The van der Waals surface area contributed by atoms with Crippen molar-refractivity contribution in [3.63, 3.8) is 0 Å². The molecule has 0 aromatic carbocycles. The molecule has 6 nitrogen and oxygen atoms in total. The molecule has 0 bridgehead atoms. The van der Waals surface area contributed by atoms with Crippen LogP contribution in [-0.4, -0.2) is 48.9 Å². The Morgan fingerprint density at radius 1 is 1.27 bits per heavy atom. The molecule has 1 amide bonds. The zero-order valence-electron chi connectivity index (χ0n) is 16.5. The fourth-order valence-electron chi connectivity index (χ4n) is 3.34. The highest BCUT2D eigenvalue weighted by atomic mass is 127. The summed E-state index contributed by atoms with van der Waals surface area (Å²) >= 11 is 1.69. The molecule has 0 atom stereocenters. The predicted molar refractivity (Wildman–Crippen MR) is 119 cm³/mol. The zero-order chi connectivity index (χ0) is 18.4. The summed E-state index contributed by atoms with van der Waals surface area (Å²) in [6, 6.07) is 0. The first-order chi connectivity index (χ1) is 11.9. The number of thiazole rings is 1. The van der Waals surface area contributed by atoms with E-state index >= 15 is 0 Å². The van der Waals surface area contributed by atoms with Gasteiger partial charge in [-0.2, -0.15) is 0 Å². The number of hydrogen-bond acceptors (Lipinski definition) is 4. The van der Waals surface area contributed by atoms with Gasteiger partial charge in [-0.1, -0.05) is 12.8 Å². The average Bonchev–Trinajstić information content (AvgIpc) is 3.17. The number of carbonyl (C=O) groups is 1. The molecular formula is C18H32IN5OS. The second-order valence-electron chi connectivity index (χ2n) is 6.98. The summed E-state index contributed by atoms with van der Waals surface area (Å²) < 4.78 is 0. The third-order valence-electron chi connectivity index (χ3n) is 4.80. The van der Waals surface area contributed by atoms with Crippen LogP contribution >= 0.6 is 35.3 Å². The standard InChI is InChI=1S/C18H31N5OS.HI/c1-6-19-17(20-11-15-22-13(2)14(3)25-15)21-12-18(9-7-8-10-18)16(24)23(4)5;/h6-12H2,1-5H3,(H2,19,20,21);1H. The van der Waals surface area contributed by atoms with Crippen LogP contribution in [0.25, 0.3) is 0 Å². The van der Waals surface area contributed by atoms with Gasteiger partial charge < -0.3 is 15.5 Å². The number of carbonyl (C=O) groups excluding carboxylic acids is 1. The van der Waals surface area contributed by atoms with E-state index in [0.717, 1.165) is 48.9 Å². The van der Waals surface area contributed by atoms with E-state index in [1.807, 2.05) is 27.9 Å². The van der Waals surface area contributed by atoms with Crippen molar-refractivity contribution in [2.75, 3.05) is 27.2 Å². The molecule has 1 heterocycles. The lowest BCUT2D eigenvalue weighted by Crippen LogP contribution is -2.49. The summed E-state index contributed by atoms with van der Waals surface area (Å²) in [5.41, 5.74) is 0.781. The third kappa shape index (κ3) is 5.80. The second kappa shape index (κ2) is 10.4. The molecule has 2 N–H and O–H groups in total. The molecular weight excluding hydrogens is 461 g/mol. The number of aliphatic imine (C=N–C) groups is 1. The third-order valence-corrected chi connectivity index (χ3v) is 5.86.